The van der Waals surface area contributed by atoms with Crippen molar-refractivity contribution in [3.63, 3.8) is 0 Å². The van der Waals surface area contributed by atoms with E-state index in [4.69, 9.17) is 14.2 Å². The Hall–Kier alpha value is -4.33. The summed E-state index contributed by atoms with van der Waals surface area (Å²) in [5.74, 6) is -0.198. The Balaban J connectivity index is 1.42. The number of fused-ring (bicyclic) bond motifs is 2. The number of piperidine rings is 1. The average molecular weight is 571 g/mol. The number of ether oxygens (including phenoxy) is 3. The molecule has 2 aliphatic rings. The highest BCUT2D eigenvalue weighted by atomic mass is 16.5. The quantitative estimate of drug-likeness (QED) is 0.322. The molecule has 220 valence electrons. The Morgan fingerprint density at radius 3 is 2.60 bits per heavy atom. The Morgan fingerprint density at radius 1 is 1.02 bits per heavy atom. The molecule has 1 saturated heterocycles. The summed E-state index contributed by atoms with van der Waals surface area (Å²) in [6.45, 7) is 2.63. The van der Waals surface area contributed by atoms with Crippen molar-refractivity contribution in [2.75, 3.05) is 20.8 Å². The first-order valence-electron chi connectivity index (χ1n) is 14.5. The lowest BCUT2D eigenvalue weighted by Crippen LogP contribution is -2.54. The molecule has 42 heavy (non-hydrogen) atoms. The van der Waals surface area contributed by atoms with Crippen molar-refractivity contribution in [3.05, 3.63) is 83.6 Å². The molecule has 0 unspecified atom stereocenters. The predicted octanol–water partition coefficient (Wildman–Crippen LogP) is 5.53. The Kier molecular flexibility index (Phi) is 8.80. The molecule has 2 atom stereocenters. The molecule has 8 heteroatoms. The Labute approximate surface area is 246 Å². The topological polar surface area (TPSA) is 94.2 Å². The minimum atomic E-state index is -0.957. The number of benzene rings is 3. The molecule has 5 rings (SSSR count). The van der Waals surface area contributed by atoms with Crippen LogP contribution >= 0.6 is 0 Å². The van der Waals surface area contributed by atoms with Crippen molar-refractivity contribution < 1.29 is 28.6 Å². The maximum absolute atomic E-state index is 14.1. The van der Waals surface area contributed by atoms with E-state index >= 15 is 0 Å². The fraction of sp³-hybridized carbons (Fsp3) is 0.382. The van der Waals surface area contributed by atoms with Crippen LogP contribution in [0.3, 0.4) is 0 Å². The zero-order chi connectivity index (χ0) is 29.7. The largest absolute Gasteiger partial charge is 0.493 e. The smallest absolute Gasteiger partial charge is 0.318 e. The van der Waals surface area contributed by atoms with Gasteiger partial charge in [-0.3, -0.25) is 14.4 Å². The summed E-state index contributed by atoms with van der Waals surface area (Å²) < 4.78 is 16.3. The van der Waals surface area contributed by atoms with Gasteiger partial charge in [0.05, 0.1) is 27.4 Å². The SMILES string of the molecule is CCOC(=O)[C@]12CCCC=C1N(Cc1cccc3ccccc13)C(=O)[C@H](CC(=O)NCc1ccc(OC)c(OC)c1)C2. The van der Waals surface area contributed by atoms with Crippen LogP contribution in [0.2, 0.25) is 0 Å². The van der Waals surface area contributed by atoms with E-state index in [1.807, 2.05) is 60.7 Å². The molecule has 3 aromatic rings. The molecule has 8 nitrogen and oxygen atoms in total. The third kappa shape index (κ3) is 5.71. The third-order valence-corrected chi connectivity index (χ3v) is 8.38. The van der Waals surface area contributed by atoms with Crippen molar-refractivity contribution >= 4 is 28.6 Å². The van der Waals surface area contributed by atoms with Crippen LogP contribution in [0.25, 0.3) is 10.8 Å². The van der Waals surface area contributed by atoms with Gasteiger partial charge in [-0.25, -0.2) is 0 Å². The number of carbonyl (C=O) groups excluding carboxylic acids is 3. The van der Waals surface area contributed by atoms with Gasteiger partial charge in [0.25, 0.3) is 0 Å². The summed E-state index contributed by atoms with van der Waals surface area (Å²) in [6, 6.07) is 19.6. The minimum absolute atomic E-state index is 0.0212. The van der Waals surface area contributed by atoms with Crippen LogP contribution in [-0.2, 0) is 32.2 Å². The van der Waals surface area contributed by atoms with E-state index in [9.17, 15) is 14.4 Å². The number of hydrogen-bond donors (Lipinski definition) is 1. The Bertz CT molecular complexity index is 1510. The van der Waals surface area contributed by atoms with Gasteiger partial charge in [-0.15, -0.1) is 0 Å². The van der Waals surface area contributed by atoms with Crippen molar-refractivity contribution in [1.29, 1.82) is 0 Å². The number of allylic oxidation sites excluding steroid dienone is 1. The molecule has 1 heterocycles. The third-order valence-electron chi connectivity index (χ3n) is 8.38. The predicted molar refractivity (Wildman–Crippen MR) is 160 cm³/mol. The highest BCUT2D eigenvalue weighted by Gasteiger charge is 2.54. The molecular weight excluding hydrogens is 532 g/mol. The lowest BCUT2D eigenvalue weighted by atomic mass is 9.66. The summed E-state index contributed by atoms with van der Waals surface area (Å²) in [6.07, 6.45) is 4.44. The van der Waals surface area contributed by atoms with Crippen LogP contribution < -0.4 is 14.8 Å². The zero-order valence-electron chi connectivity index (χ0n) is 24.5. The number of esters is 1. The highest BCUT2D eigenvalue weighted by Crippen LogP contribution is 2.50. The number of likely N-dealkylation sites (tertiary alicyclic amines) is 1. The van der Waals surface area contributed by atoms with Crippen LogP contribution in [-0.4, -0.2) is 43.5 Å². The standard InChI is InChI=1S/C34H38N2O6/c1-4-42-33(39)34-17-8-7-14-30(34)36(22-25-12-9-11-24-10-5-6-13-27(24)25)32(38)26(20-34)19-31(37)35-21-23-15-16-28(40-2)29(18-23)41-3/h5-6,9-16,18,26H,4,7-8,17,19-22H2,1-3H3,(H,35,37)/t26-,34+/m1/s1. The van der Waals surface area contributed by atoms with Crippen molar-refractivity contribution in [2.45, 2.75) is 52.1 Å². The fourth-order valence-corrected chi connectivity index (χ4v) is 6.36. The molecule has 1 fully saturated rings. The monoisotopic (exact) mass is 570 g/mol. The summed E-state index contributed by atoms with van der Waals surface area (Å²) >= 11 is 0. The lowest BCUT2D eigenvalue weighted by Gasteiger charge is -2.48. The number of hydrogen-bond acceptors (Lipinski definition) is 6. The number of nitrogens with zero attached hydrogens (tertiary/aromatic N) is 1. The fourth-order valence-electron chi connectivity index (χ4n) is 6.36. The van der Waals surface area contributed by atoms with Crippen LogP contribution in [0, 0.1) is 11.3 Å². The Morgan fingerprint density at radius 2 is 1.81 bits per heavy atom. The molecule has 0 aromatic heterocycles. The van der Waals surface area contributed by atoms with Gasteiger partial charge in [-0.05, 0) is 66.6 Å². The summed E-state index contributed by atoms with van der Waals surface area (Å²) in [5, 5.41) is 5.09. The molecular formula is C34H38N2O6. The molecule has 0 spiro atoms. The van der Waals surface area contributed by atoms with E-state index in [-0.39, 0.29) is 43.8 Å². The second-order valence-electron chi connectivity index (χ2n) is 10.9. The van der Waals surface area contributed by atoms with E-state index in [1.165, 1.54) is 0 Å². The number of rotatable bonds is 10. The number of methoxy groups -OCH3 is 2. The van der Waals surface area contributed by atoms with Gasteiger partial charge in [0.2, 0.25) is 11.8 Å². The number of nitrogens with one attached hydrogen (secondary N) is 1. The van der Waals surface area contributed by atoms with E-state index < -0.39 is 11.3 Å². The highest BCUT2D eigenvalue weighted by molar-refractivity contribution is 5.93. The number of amides is 2. The van der Waals surface area contributed by atoms with Gasteiger partial charge in [0.1, 0.15) is 5.41 Å². The summed E-state index contributed by atoms with van der Waals surface area (Å²) in [4.78, 5) is 42.7. The van der Waals surface area contributed by atoms with Gasteiger partial charge in [0, 0.05) is 24.6 Å². The zero-order valence-corrected chi connectivity index (χ0v) is 24.5. The van der Waals surface area contributed by atoms with Crippen molar-refractivity contribution in [1.82, 2.24) is 10.2 Å². The van der Waals surface area contributed by atoms with Crippen molar-refractivity contribution in [2.24, 2.45) is 11.3 Å². The molecule has 0 saturated carbocycles. The molecule has 1 N–H and O–H groups in total. The average Bonchev–Trinajstić information content (AvgIpc) is 3.02. The number of carbonyl (C=O) groups is 3. The van der Waals surface area contributed by atoms with Gasteiger partial charge in [-0.1, -0.05) is 54.6 Å². The van der Waals surface area contributed by atoms with E-state index in [0.717, 1.165) is 34.7 Å². The van der Waals surface area contributed by atoms with Crippen molar-refractivity contribution in [3.8, 4) is 11.5 Å². The van der Waals surface area contributed by atoms with Gasteiger partial charge < -0.3 is 24.4 Å². The van der Waals surface area contributed by atoms with Crippen LogP contribution in [0.15, 0.2) is 72.4 Å². The maximum atomic E-state index is 14.1. The second-order valence-corrected chi connectivity index (χ2v) is 10.9. The first-order chi connectivity index (χ1) is 20.4. The second kappa shape index (κ2) is 12.7. The first kappa shape index (κ1) is 29.2. The molecule has 3 aromatic carbocycles. The summed E-state index contributed by atoms with van der Waals surface area (Å²) in [7, 11) is 3.13. The lowest BCUT2D eigenvalue weighted by molar-refractivity contribution is -0.162. The molecule has 0 bridgehead atoms. The van der Waals surface area contributed by atoms with Gasteiger partial charge in [-0.2, -0.15) is 0 Å². The molecule has 1 aliphatic carbocycles. The van der Waals surface area contributed by atoms with E-state index in [0.29, 0.717) is 30.2 Å². The van der Waals surface area contributed by atoms with Gasteiger partial charge in [0.15, 0.2) is 11.5 Å². The minimum Gasteiger partial charge on any atom is -0.493 e. The normalized spacial score (nSPS) is 20.0. The van der Waals surface area contributed by atoms with Crippen LogP contribution in [0.5, 0.6) is 11.5 Å². The molecule has 0 radical (unpaired) electrons. The molecule has 1 aliphatic heterocycles. The van der Waals surface area contributed by atoms with Crippen LogP contribution in [0.4, 0.5) is 0 Å². The van der Waals surface area contributed by atoms with E-state index in [1.54, 1.807) is 32.1 Å². The maximum Gasteiger partial charge on any atom is 0.318 e. The van der Waals surface area contributed by atoms with E-state index in [2.05, 4.69) is 5.32 Å². The summed E-state index contributed by atoms with van der Waals surface area (Å²) in [5.41, 5.74) is 1.59. The van der Waals surface area contributed by atoms with Gasteiger partial charge >= 0.3 is 5.97 Å². The van der Waals surface area contributed by atoms with Crippen LogP contribution in [0.1, 0.15) is 50.2 Å². The first-order valence-corrected chi connectivity index (χ1v) is 14.5. The molecule has 2 amide bonds.